The monoisotopic (exact) mass is 264 g/mol. The Balaban J connectivity index is 1.87. The van der Waals surface area contributed by atoms with Crippen LogP contribution in [0, 0.1) is 11.3 Å². The maximum Gasteiger partial charge on any atom is 0.452 e. The molecule has 6 heteroatoms. The van der Waals surface area contributed by atoms with E-state index in [1.807, 2.05) is 6.07 Å². The lowest BCUT2D eigenvalue weighted by molar-refractivity contribution is -0.156. The highest BCUT2D eigenvalue weighted by Gasteiger charge is 2.25. The fourth-order valence-corrected chi connectivity index (χ4v) is 1.85. The summed E-state index contributed by atoms with van der Waals surface area (Å²) < 4.78 is 13.1. The van der Waals surface area contributed by atoms with E-state index in [0.717, 1.165) is 0 Å². The molecule has 2 rings (SSSR count). The maximum absolute atomic E-state index is 13.1. The highest BCUT2D eigenvalue weighted by atomic mass is 19.1. The standard InChI is InChI=1S/C13H13FN2O3/c14-11-4-2-6-16(9-11)13(17)19-18-12-5-1-3-10(7-12)8-15/h1,3,5,7,11H,2,4,6,9H2. The minimum absolute atomic E-state index is 0.0282. The van der Waals surface area contributed by atoms with Gasteiger partial charge in [0.1, 0.15) is 6.17 Å². The van der Waals surface area contributed by atoms with Crippen LogP contribution in [0.15, 0.2) is 24.3 Å². The summed E-state index contributed by atoms with van der Waals surface area (Å²) >= 11 is 0. The van der Waals surface area contributed by atoms with Gasteiger partial charge in [0.05, 0.1) is 18.2 Å². The number of rotatable bonds is 2. The summed E-state index contributed by atoms with van der Waals surface area (Å²) in [6.45, 7) is 0.487. The maximum atomic E-state index is 13.1. The number of amides is 1. The van der Waals surface area contributed by atoms with Crippen molar-refractivity contribution in [3.8, 4) is 11.8 Å². The first kappa shape index (κ1) is 13.1. The third kappa shape index (κ3) is 3.58. The summed E-state index contributed by atoms with van der Waals surface area (Å²) in [6, 6.07) is 8.16. The Kier molecular flexibility index (Phi) is 4.18. The molecule has 1 heterocycles. The van der Waals surface area contributed by atoms with E-state index in [9.17, 15) is 9.18 Å². The van der Waals surface area contributed by atoms with Gasteiger partial charge in [-0.3, -0.25) is 4.89 Å². The third-order valence-corrected chi connectivity index (χ3v) is 2.79. The average molecular weight is 264 g/mol. The molecular formula is C13H13FN2O3. The van der Waals surface area contributed by atoms with Crippen molar-refractivity contribution in [2.75, 3.05) is 13.1 Å². The van der Waals surface area contributed by atoms with Crippen LogP contribution in [0.3, 0.4) is 0 Å². The summed E-state index contributed by atoms with van der Waals surface area (Å²) in [4.78, 5) is 22.3. The first-order chi connectivity index (χ1) is 9.19. The highest BCUT2D eigenvalue weighted by molar-refractivity contribution is 5.67. The van der Waals surface area contributed by atoms with Crippen molar-refractivity contribution in [2.24, 2.45) is 0 Å². The zero-order chi connectivity index (χ0) is 13.7. The van der Waals surface area contributed by atoms with Gasteiger partial charge in [0, 0.05) is 12.6 Å². The van der Waals surface area contributed by atoms with Crippen LogP contribution in [-0.4, -0.2) is 30.3 Å². The molecule has 1 fully saturated rings. The lowest BCUT2D eigenvalue weighted by Gasteiger charge is -2.27. The van der Waals surface area contributed by atoms with Gasteiger partial charge in [-0.2, -0.15) is 5.26 Å². The number of nitrogens with zero attached hydrogens (tertiary/aromatic N) is 2. The smallest absolute Gasteiger partial charge is 0.302 e. The lowest BCUT2D eigenvalue weighted by Crippen LogP contribution is -2.41. The molecule has 1 amide bonds. The Morgan fingerprint density at radius 1 is 1.53 bits per heavy atom. The van der Waals surface area contributed by atoms with Crippen LogP contribution in [0.1, 0.15) is 18.4 Å². The molecule has 0 saturated carbocycles. The van der Waals surface area contributed by atoms with E-state index in [1.165, 1.54) is 11.0 Å². The Morgan fingerprint density at radius 2 is 2.37 bits per heavy atom. The van der Waals surface area contributed by atoms with E-state index >= 15 is 0 Å². The molecule has 1 unspecified atom stereocenters. The van der Waals surface area contributed by atoms with E-state index in [4.69, 9.17) is 10.1 Å². The molecule has 0 bridgehead atoms. The van der Waals surface area contributed by atoms with Gasteiger partial charge in [0.15, 0.2) is 5.75 Å². The number of benzene rings is 1. The number of likely N-dealkylation sites (tertiary alicyclic amines) is 1. The summed E-state index contributed by atoms with van der Waals surface area (Å²) in [5.74, 6) is 0.251. The number of carbonyl (C=O) groups excluding carboxylic acids is 1. The number of nitriles is 1. The van der Waals surface area contributed by atoms with Crippen LogP contribution in [0.2, 0.25) is 0 Å². The number of hydrogen-bond donors (Lipinski definition) is 0. The van der Waals surface area contributed by atoms with Crippen molar-refractivity contribution in [1.82, 2.24) is 4.90 Å². The van der Waals surface area contributed by atoms with Crippen LogP contribution in [0.4, 0.5) is 9.18 Å². The number of alkyl halides is 1. The van der Waals surface area contributed by atoms with Crippen molar-refractivity contribution in [3.63, 3.8) is 0 Å². The molecule has 1 aliphatic heterocycles. The topological polar surface area (TPSA) is 62.6 Å². The summed E-state index contributed by atoms with van der Waals surface area (Å²) in [6.07, 6.45) is -0.650. The van der Waals surface area contributed by atoms with Gasteiger partial charge < -0.3 is 4.90 Å². The molecule has 0 aromatic heterocycles. The minimum atomic E-state index is -1.01. The second-order valence-electron chi connectivity index (χ2n) is 4.26. The van der Waals surface area contributed by atoms with Gasteiger partial charge >= 0.3 is 6.09 Å². The number of halogens is 1. The van der Waals surface area contributed by atoms with Gasteiger partial charge in [0.2, 0.25) is 0 Å². The molecule has 100 valence electrons. The van der Waals surface area contributed by atoms with Crippen molar-refractivity contribution >= 4 is 6.09 Å². The summed E-state index contributed by atoms with van der Waals surface area (Å²) in [7, 11) is 0. The normalized spacial score (nSPS) is 18.5. The molecule has 1 atom stereocenters. The van der Waals surface area contributed by atoms with Crippen LogP contribution in [0.25, 0.3) is 0 Å². The van der Waals surface area contributed by atoms with Gasteiger partial charge in [-0.05, 0) is 25.0 Å². The first-order valence-electron chi connectivity index (χ1n) is 5.96. The minimum Gasteiger partial charge on any atom is -0.302 e. The van der Waals surface area contributed by atoms with Crippen LogP contribution >= 0.6 is 0 Å². The Bertz CT molecular complexity index is 501. The number of piperidine rings is 1. The quantitative estimate of drug-likeness (QED) is 0.608. The molecule has 0 radical (unpaired) electrons. The van der Waals surface area contributed by atoms with Crippen molar-refractivity contribution in [1.29, 1.82) is 5.26 Å². The Morgan fingerprint density at radius 3 is 3.11 bits per heavy atom. The van der Waals surface area contributed by atoms with Gasteiger partial charge in [-0.1, -0.05) is 6.07 Å². The van der Waals surface area contributed by atoms with Gasteiger partial charge in [-0.25, -0.2) is 14.1 Å². The molecule has 1 aromatic rings. The van der Waals surface area contributed by atoms with Crippen molar-refractivity contribution < 1.29 is 19.0 Å². The SMILES string of the molecule is N#Cc1cccc(OOC(=O)N2CCCC(F)C2)c1. The van der Waals surface area contributed by atoms with Gasteiger partial charge in [-0.15, -0.1) is 0 Å². The fraction of sp³-hybridized carbons (Fsp3) is 0.385. The zero-order valence-electron chi connectivity index (χ0n) is 10.2. The molecule has 5 nitrogen and oxygen atoms in total. The molecule has 0 N–H and O–H groups in total. The first-order valence-corrected chi connectivity index (χ1v) is 5.96. The second kappa shape index (κ2) is 6.05. The number of hydrogen-bond acceptors (Lipinski definition) is 4. The molecular weight excluding hydrogens is 251 g/mol. The average Bonchev–Trinajstić information content (AvgIpc) is 2.45. The largest absolute Gasteiger partial charge is 0.452 e. The predicted molar refractivity (Wildman–Crippen MR) is 64.0 cm³/mol. The molecule has 19 heavy (non-hydrogen) atoms. The fourth-order valence-electron chi connectivity index (χ4n) is 1.85. The van der Waals surface area contributed by atoms with Crippen LogP contribution < -0.4 is 4.89 Å². The second-order valence-corrected chi connectivity index (χ2v) is 4.26. The highest BCUT2D eigenvalue weighted by Crippen LogP contribution is 2.16. The summed E-state index contributed by atoms with van der Waals surface area (Å²) in [5, 5.41) is 8.71. The number of carbonyl (C=O) groups is 1. The third-order valence-electron chi connectivity index (χ3n) is 2.79. The van der Waals surface area contributed by atoms with E-state index < -0.39 is 12.3 Å². The summed E-state index contributed by atoms with van der Waals surface area (Å²) in [5.41, 5.74) is 0.398. The van der Waals surface area contributed by atoms with E-state index in [0.29, 0.717) is 24.9 Å². The predicted octanol–water partition coefficient (Wildman–Crippen LogP) is 2.42. The van der Waals surface area contributed by atoms with E-state index in [1.54, 1.807) is 18.2 Å². The van der Waals surface area contributed by atoms with E-state index in [-0.39, 0.29) is 12.3 Å². The molecule has 0 spiro atoms. The Labute approximate surface area is 110 Å². The molecule has 1 aromatic carbocycles. The zero-order valence-corrected chi connectivity index (χ0v) is 10.2. The molecule has 1 saturated heterocycles. The Hall–Kier alpha value is -2.29. The van der Waals surface area contributed by atoms with E-state index in [2.05, 4.69) is 4.89 Å². The van der Waals surface area contributed by atoms with Gasteiger partial charge in [0.25, 0.3) is 0 Å². The van der Waals surface area contributed by atoms with Crippen LogP contribution in [-0.2, 0) is 4.89 Å². The van der Waals surface area contributed by atoms with Crippen molar-refractivity contribution in [2.45, 2.75) is 19.0 Å². The molecule has 0 aliphatic carbocycles. The van der Waals surface area contributed by atoms with Crippen LogP contribution in [0.5, 0.6) is 5.75 Å². The van der Waals surface area contributed by atoms with Crippen molar-refractivity contribution in [3.05, 3.63) is 29.8 Å². The lowest BCUT2D eigenvalue weighted by atomic mass is 10.1. The molecule has 1 aliphatic rings.